The first kappa shape index (κ1) is 16.8. The van der Waals surface area contributed by atoms with Crippen LogP contribution in [0.15, 0.2) is 18.2 Å². The molecule has 0 saturated carbocycles. The summed E-state index contributed by atoms with van der Waals surface area (Å²) in [5, 5.41) is 10.3. The Kier molecular flexibility index (Phi) is 7.41. The third-order valence-corrected chi connectivity index (χ3v) is 3.18. The standard InChI is InChI=1S/C16H28N2O2/c1-5-10-18(12-11-17(3)4)13-14-8-7-9-15(16(14)19)20-6-2/h7-9,19H,5-6,10-13H2,1-4H3. The SMILES string of the molecule is CCCN(CCN(C)C)Cc1cccc(OCC)c1O. The Balaban J connectivity index is 2.74. The van der Waals surface area contributed by atoms with Crippen molar-refractivity contribution in [1.82, 2.24) is 9.80 Å². The van der Waals surface area contributed by atoms with E-state index >= 15 is 0 Å². The molecule has 0 atom stereocenters. The highest BCUT2D eigenvalue weighted by atomic mass is 16.5. The van der Waals surface area contributed by atoms with Crippen LogP contribution in [0.5, 0.6) is 11.5 Å². The average Bonchev–Trinajstić information content (AvgIpc) is 2.41. The van der Waals surface area contributed by atoms with Gasteiger partial charge in [-0.05, 0) is 40.1 Å². The van der Waals surface area contributed by atoms with Crippen molar-refractivity contribution in [3.63, 3.8) is 0 Å². The number of phenols is 1. The molecule has 20 heavy (non-hydrogen) atoms. The summed E-state index contributed by atoms with van der Waals surface area (Å²) in [4.78, 5) is 4.55. The quantitative estimate of drug-likeness (QED) is 0.754. The first-order valence-electron chi connectivity index (χ1n) is 7.39. The Labute approximate surface area is 123 Å². The van der Waals surface area contributed by atoms with Crippen molar-refractivity contribution in [2.75, 3.05) is 40.3 Å². The third kappa shape index (κ3) is 5.39. The molecule has 0 fully saturated rings. The fourth-order valence-electron chi connectivity index (χ4n) is 2.14. The molecule has 4 heteroatoms. The lowest BCUT2D eigenvalue weighted by molar-refractivity contribution is 0.230. The van der Waals surface area contributed by atoms with Crippen LogP contribution in [0.3, 0.4) is 0 Å². The molecule has 0 spiro atoms. The minimum Gasteiger partial charge on any atom is -0.504 e. The highest BCUT2D eigenvalue weighted by Gasteiger charge is 2.12. The monoisotopic (exact) mass is 280 g/mol. The molecule has 1 rings (SSSR count). The molecule has 4 nitrogen and oxygen atoms in total. The van der Waals surface area contributed by atoms with Gasteiger partial charge in [0, 0.05) is 25.2 Å². The van der Waals surface area contributed by atoms with Crippen LogP contribution >= 0.6 is 0 Å². The molecule has 114 valence electrons. The van der Waals surface area contributed by atoms with Crippen LogP contribution in [0.25, 0.3) is 0 Å². The number of phenolic OH excluding ortho intramolecular Hbond substituents is 1. The molecule has 0 bridgehead atoms. The van der Waals surface area contributed by atoms with Crippen LogP contribution < -0.4 is 4.74 Å². The smallest absolute Gasteiger partial charge is 0.162 e. The maximum absolute atomic E-state index is 10.3. The van der Waals surface area contributed by atoms with Gasteiger partial charge < -0.3 is 14.7 Å². The summed E-state index contributed by atoms with van der Waals surface area (Å²) < 4.78 is 5.44. The molecular formula is C16H28N2O2. The third-order valence-electron chi connectivity index (χ3n) is 3.18. The van der Waals surface area contributed by atoms with Crippen LogP contribution in [0.1, 0.15) is 25.8 Å². The van der Waals surface area contributed by atoms with Gasteiger partial charge in [0.15, 0.2) is 11.5 Å². The molecule has 1 aromatic carbocycles. The Hall–Kier alpha value is -1.26. The predicted octanol–water partition coefficient (Wildman–Crippen LogP) is 2.56. The van der Waals surface area contributed by atoms with E-state index in [1.54, 1.807) is 0 Å². The first-order chi connectivity index (χ1) is 9.58. The van der Waals surface area contributed by atoms with E-state index in [2.05, 4.69) is 30.8 Å². The fraction of sp³-hybridized carbons (Fsp3) is 0.625. The number of nitrogens with zero attached hydrogens (tertiary/aromatic N) is 2. The lowest BCUT2D eigenvalue weighted by Crippen LogP contribution is -2.32. The molecule has 1 aromatic rings. The minimum atomic E-state index is 0.278. The van der Waals surface area contributed by atoms with Crippen LogP contribution in [-0.2, 0) is 6.54 Å². The van der Waals surface area contributed by atoms with Gasteiger partial charge in [-0.25, -0.2) is 0 Å². The molecule has 0 radical (unpaired) electrons. The highest BCUT2D eigenvalue weighted by Crippen LogP contribution is 2.30. The minimum absolute atomic E-state index is 0.278. The maximum atomic E-state index is 10.3. The van der Waals surface area contributed by atoms with E-state index in [4.69, 9.17) is 4.74 Å². The zero-order valence-corrected chi connectivity index (χ0v) is 13.2. The van der Waals surface area contributed by atoms with Crippen LogP contribution in [0.4, 0.5) is 0 Å². The second-order valence-electron chi connectivity index (χ2n) is 5.28. The van der Waals surface area contributed by atoms with Gasteiger partial charge in [0.05, 0.1) is 6.61 Å². The normalized spacial score (nSPS) is 11.3. The zero-order chi connectivity index (χ0) is 15.0. The predicted molar refractivity (Wildman–Crippen MR) is 83.4 cm³/mol. The van der Waals surface area contributed by atoms with Gasteiger partial charge in [0.25, 0.3) is 0 Å². The van der Waals surface area contributed by atoms with Crippen molar-refractivity contribution >= 4 is 0 Å². The summed E-state index contributed by atoms with van der Waals surface area (Å²) in [6.07, 6.45) is 1.11. The summed E-state index contributed by atoms with van der Waals surface area (Å²) in [5.74, 6) is 0.856. The maximum Gasteiger partial charge on any atom is 0.162 e. The zero-order valence-electron chi connectivity index (χ0n) is 13.2. The van der Waals surface area contributed by atoms with E-state index in [0.29, 0.717) is 12.4 Å². The number of hydrogen-bond acceptors (Lipinski definition) is 4. The number of para-hydroxylation sites is 1. The lowest BCUT2D eigenvalue weighted by Gasteiger charge is -2.24. The number of likely N-dealkylation sites (N-methyl/N-ethyl adjacent to an activating group) is 1. The summed E-state index contributed by atoms with van der Waals surface area (Å²) in [6, 6.07) is 5.72. The fourth-order valence-corrected chi connectivity index (χ4v) is 2.14. The summed E-state index contributed by atoms with van der Waals surface area (Å²) >= 11 is 0. The van der Waals surface area contributed by atoms with Gasteiger partial charge in [0.2, 0.25) is 0 Å². The van der Waals surface area contributed by atoms with Gasteiger partial charge in [-0.1, -0.05) is 19.1 Å². The Morgan fingerprint density at radius 1 is 1.10 bits per heavy atom. The number of hydrogen-bond donors (Lipinski definition) is 1. The second kappa shape index (κ2) is 8.82. The largest absolute Gasteiger partial charge is 0.504 e. The number of ether oxygens (including phenoxy) is 1. The van der Waals surface area contributed by atoms with Gasteiger partial charge in [-0.3, -0.25) is 4.90 Å². The van der Waals surface area contributed by atoms with Crippen molar-refractivity contribution < 1.29 is 9.84 Å². The Bertz CT molecular complexity index is 394. The number of rotatable bonds is 9. The molecule has 0 aromatic heterocycles. The van der Waals surface area contributed by atoms with Gasteiger partial charge in [0.1, 0.15) is 0 Å². The van der Waals surface area contributed by atoms with E-state index < -0.39 is 0 Å². The van der Waals surface area contributed by atoms with Crippen LogP contribution in [0, 0.1) is 0 Å². The van der Waals surface area contributed by atoms with Gasteiger partial charge >= 0.3 is 0 Å². The van der Waals surface area contributed by atoms with Gasteiger partial charge in [-0.2, -0.15) is 0 Å². The number of benzene rings is 1. The van der Waals surface area contributed by atoms with Crippen molar-refractivity contribution in [3.8, 4) is 11.5 Å². The molecule has 0 aliphatic heterocycles. The van der Waals surface area contributed by atoms with Crippen LogP contribution in [-0.4, -0.2) is 55.2 Å². The molecule has 0 amide bonds. The topological polar surface area (TPSA) is 35.9 Å². The summed E-state index contributed by atoms with van der Waals surface area (Å²) in [7, 11) is 4.16. The molecular weight excluding hydrogens is 252 g/mol. The van der Waals surface area contributed by atoms with E-state index in [0.717, 1.165) is 38.2 Å². The molecule has 0 heterocycles. The van der Waals surface area contributed by atoms with E-state index in [9.17, 15) is 5.11 Å². The molecule has 0 saturated heterocycles. The van der Waals surface area contributed by atoms with E-state index in [1.165, 1.54) is 0 Å². The van der Waals surface area contributed by atoms with Crippen molar-refractivity contribution in [3.05, 3.63) is 23.8 Å². The molecule has 0 aliphatic rings. The van der Waals surface area contributed by atoms with Gasteiger partial charge in [-0.15, -0.1) is 0 Å². The van der Waals surface area contributed by atoms with Crippen molar-refractivity contribution in [1.29, 1.82) is 0 Å². The summed E-state index contributed by atoms with van der Waals surface area (Å²) in [6.45, 7) is 8.48. The molecule has 0 aliphatic carbocycles. The highest BCUT2D eigenvalue weighted by molar-refractivity contribution is 5.45. The summed E-state index contributed by atoms with van der Waals surface area (Å²) in [5.41, 5.74) is 0.933. The molecule has 0 unspecified atom stereocenters. The Morgan fingerprint density at radius 3 is 2.45 bits per heavy atom. The van der Waals surface area contributed by atoms with Crippen molar-refractivity contribution in [2.24, 2.45) is 0 Å². The van der Waals surface area contributed by atoms with E-state index in [1.807, 2.05) is 25.1 Å². The average molecular weight is 280 g/mol. The number of aromatic hydroxyl groups is 1. The van der Waals surface area contributed by atoms with E-state index in [-0.39, 0.29) is 5.75 Å². The second-order valence-corrected chi connectivity index (χ2v) is 5.28. The molecule has 1 N–H and O–H groups in total. The van der Waals surface area contributed by atoms with Crippen LogP contribution in [0.2, 0.25) is 0 Å². The first-order valence-corrected chi connectivity index (χ1v) is 7.39. The van der Waals surface area contributed by atoms with Crippen molar-refractivity contribution in [2.45, 2.75) is 26.8 Å². The Morgan fingerprint density at radius 2 is 1.85 bits per heavy atom. The lowest BCUT2D eigenvalue weighted by atomic mass is 10.1.